The highest BCUT2D eigenvalue weighted by atomic mass is 79.9. The molecule has 0 radical (unpaired) electrons. The fraction of sp³-hybridized carbons (Fsp3) is 0.0714. The van der Waals surface area contributed by atoms with E-state index in [0.29, 0.717) is 10.2 Å². The van der Waals surface area contributed by atoms with Gasteiger partial charge in [0.25, 0.3) is 0 Å². The van der Waals surface area contributed by atoms with Crippen LogP contribution in [0.4, 0.5) is 8.78 Å². The lowest BCUT2D eigenvalue weighted by molar-refractivity contribution is 0.103. The molecule has 0 aliphatic carbocycles. The maximum Gasteiger partial charge on any atom is 0.200 e. The van der Waals surface area contributed by atoms with Gasteiger partial charge in [-0.2, -0.15) is 0 Å². The minimum atomic E-state index is -0.889. The van der Waals surface area contributed by atoms with Crippen LogP contribution in [0.1, 0.15) is 15.9 Å². The van der Waals surface area contributed by atoms with Crippen LogP contribution in [0.2, 0.25) is 0 Å². The Hall–Kier alpha value is -1.75. The van der Waals surface area contributed by atoms with Crippen molar-refractivity contribution in [3.8, 4) is 5.75 Å². The molecule has 0 atom stereocenters. The average molecular weight is 327 g/mol. The van der Waals surface area contributed by atoms with Crippen molar-refractivity contribution in [3.05, 3.63) is 63.6 Å². The van der Waals surface area contributed by atoms with Crippen LogP contribution < -0.4 is 4.74 Å². The molecule has 0 bridgehead atoms. The third-order valence-electron chi connectivity index (χ3n) is 2.61. The van der Waals surface area contributed by atoms with Crippen LogP contribution in [0.3, 0.4) is 0 Å². The van der Waals surface area contributed by atoms with Crippen LogP contribution in [-0.4, -0.2) is 12.9 Å². The van der Waals surface area contributed by atoms with Crippen LogP contribution in [0.15, 0.2) is 40.9 Å². The Morgan fingerprint density at radius 1 is 1.16 bits per heavy atom. The van der Waals surface area contributed by atoms with E-state index in [4.69, 9.17) is 4.74 Å². The summed E-state index contributed by atoms with van der Waals surface area (Å²) >= 11 is 3.19. The first-order valence-corrected chi connectivity index (χ1v) is 6.16. The molecule has 0 unspecified atom stereocenters. The van der Waals surface area contributed by atoms with E-state index in [9.17, 15) is 13.6 Å². The number of ether oxygens (including phenoxy) is 1. The topological polar surface area (TPSA) is 26.3 Å². The molecule has 0 amide bonds. The van der Waals surface area contributed by atoms with Gasteiger partial charge in [-0.25, -0.2) is 8.78 Å². The van der Waals surface area contributed by atoms with E-state index < -0.39 is 23.0 Å². The molecule has 0 aliphatic rings. The zero-order chi connectivity index (χ0) is 14.0. The van der Waals surface area contributed by atoms with Crippen molar-refractivity contribution in [2.75, 3.05) is 7.11 Å². The van der Waals surface area contributed by atoms with Crippen molar-refractivity contribution >= 4 is 21.7 Å². The molecule has 2 aromatic rings. The van der Waals surface area contributed by atoms with Gasteiger partial charge in [0, 0.05) is 10.0 Å². The van der Waals surface area contributed by atoms with E-state index in [1.165, 1.54) is 19.2 Å². The second-order valence-corrected chi connectivity index (χ2v) is 4.63. The normalized spacial score (nSPS) is 10.3. The Kier molecular flexibility index (Phi) is 3.95. The van der Waals surface area contributed by atoms with Gasteiger partial charge < -0.3 is 4.74 Å². The molecule has 0 aliphatic heterocycles. The predicted octanol–water partition coefficient (Wildman–Crippen LogP) is 3.97. The molecule has 0 saturated carbocycles. The number of carbonyl (C=O) groups excluding carboxylic acids is 1. The van der Waals surface area contributed by atoms with E-state index in [0.717, 1.165) is 12.1 Å². The minimum absolute atomic E-state index is 0.142. The first kappa shape index (κ1) is 13.7. The Morgan fingerprint density at radius 3 is 2.37 bits per heavy atom. The Balaban J connectivity index is 2.56. The molecule has 19 heavy (non-hydrogen) atoms. The van der Waals surface area contributed by atoms with Crippen molar-refractivity contribution in [1.82, 2.24) is 0 Å². The molecule has 2 nitrogen and oxygen atoms in total. The Bertz CT molecular complexity index is 621. The number of rotatable bonds is 3. The number of ketones is 1. The van der Waals surface area contributed by atoms with E-state index >= 15 is 0 Å². The third kappa shape index (κ3) is 2.66. The first-order valence-electron chi connectivity index (χ1n) is 5.37. The quantitative estimate of drug-likeness (QED) is 0.798. The van der Waals surface area contributed by atoms with E-state index in [2.05, 4.69) is 15.9 Å². The highest BCUT2D eigenvalue weighted by Crippen LogP contribution is 2.26. The summed E-state index contributed by atoms with van der Waals surface area (Å²) in [4.78, 5) is 12.2. The molecule has 0 spiro atoms. The molecule has 2 aromatic carbocycles. The van der Waals surface area contributed by atoms with E-state index in [-0.39, 0.29) is 5.56 Å². The first-order chi connectivity index (χ1) is 9.04. The fourth-order valence-corrected chi connectivity index (χ4v) is 2.08. The maximum atomic E-state index is 13.6. The molecule has 0 aromatic heterocycles. The number of halogens is 3. The van der Waals surface area contributed by atoms with E-state index in [1.807, 2.05) is 0 Å². The maximum absolute atomic E-state index is 13.6. The molecule has 0 heterocycles. The van der Waals surface area contributed by atoms with Gasteiger partial charge in [0.2, 0.25) is 0 Å². The highest BCUT2D eigenvalue weighted by Gasteiger charge is 2.21. The standard InChI is InChI=1S/C14H9BrF2O2/c1-19-8-5-6-10(15)9(7-8)14(18)13-11(16)3-2-4-12(13)17/h2-7H,1H3. The molecule has 2 rings (SSSR count). The fourth-order valence-electron chi connectivity index (χ4n) is 1.65. The molecule has 5 heteroatoms. The monoisotopic (exact) mass is 326 g/mol. The molecule has 0 fully saturated rings. The summed E-state index contributed by atoms with van der Waals surface area (Å²) in [6, 6.07) is 7.96. The van der Waals surface area contributed by atoms with E-state index in [1.54, 1.807) is 12.1 Å². The minimum Gasteiger partial charge on any atom is -0.497 e. The highest BCUT2D eigenvalue weighted by molar-refractivity contribution is 9.10. The van der Waals surface area contributed by atoms with Gasteiger partial charge in [0.15, 0.2) is 5.78 Å². The number of hydrogen-bond acceptors (Lipinski definition) is 2. The van der Waals surface area contributed by atoms with Crippen molar-refractivity contribution in [2.24, 2.45) is 0 Å². The van der Waals surface area contributed by atoms with Crippen LogP contribution in [0, 0.1) is 11.6 Å². The molecule has 0 saturated heterocycles. The summed E-state index contributed by atoms with van der Waals surface area (Å²) in [5.74, 6) is -2.08. The van der Waals surface area contributed by atoms with Crippen LogP contribution in [0.5, 0.6) is 5.75 Å². The molecular weight excluding hydrogens is 318 g/mol. The van der Waals surface area contributed by atoms with Crippen LogP contribution >= 0.6 is 15.9 Å². The Morgan fingerprint density at radius 2 is 1.79 bits per heavy atom. The molecule has 0 N–H and O–H groups in total. The number of hydrogen-bond donors (Lipinski definition) is 0. The molecular formula is C14H9BrF2O2. The number of carbonyl (C=O) groups is 1. The van der Waals surface area contributed by atoms with Crippen LogP contribution in [0.25, 0.3) is 0 Å². The second kappa shape index (κ2) is 5.48. The third-order valence-corrected chi connectivity index (χ3v) is 3.30. The predicted molar refractivity (Wildman–Crippen MR) is 70.5 cm³/mol. The summed E-state index contributed by atoms with van der Waals surface area (Å²) in [6.45, 7) is 0. The summed E-state index contributed by atoms with van der Waals surface area (Å²) in [5.41, 5.74) is -0.431. The summed E-state index contributed by atoms with van der Waals surface area (Å²) in [6.07, 6.45) is 0. The lowest BCUT2D eigenvalue weighted by Crippen LogP contribution is -2.08. The molecule has 98 valence electrons. The van der Waals surface area contributed by atoms with Gasteiger partial charge in [0.05, 0.1) is 12.7 Å². The second-order valence-electron chi connectivity index (χ2n) is 3.77. The van der Waals surface area contributed by atoms with Crippen molar-refractivity contribution in [3.63, 3.8) is 0 Å². The van der Waals surface area contributed by atoms with Gasteiger partial charge in [-0.1, -0.05) is 22.0 Å². The van der Waals surface area contributed by atoms with Gasteiger partial charge >= 0.3 is 0 Å². The number of benzene rings is 2. The van der Waals surface area contributed by atoms with Gasteiger partial charge in [-0.15, -0.1) is 0 Å². The summed E-state index contributed by atoms with van der Waals surface area (Å²) in [7, 11) is 1.45. The van der Waals surface area contributed by atoms with Crippen molar-refractivity contribution in [1.29, 1.82) is 0 Å². The Labute approximate surface area is 117 Å². The van der Waals surface area contributed by atoms with Crippen molar-refractivity contribution < 1.29 is 18.3 Å². The summed E-state index contributed by atoms with van der Waals surface area (Å²) in [5, 5.41) is 0. The smallest absolute Gasteiger partial charge is 0.200 e. The summed E-state index contributed by atoms with van der Waals surface area (Å²) < 4.78 is 32.6. The number of methoxy groups -OCH3 is 1. The lowest BCUT2D eigenvalue weighted by atomic mass is 10.0. The van der Waals surface area contributed by atoms with Gasteiger partial charge in [-0.05, 0) is 30.3 Å². The van der Waals surface area contributed by atoms with Gasteiger partial charge in [0.1, 0.15) is 17.4 Å². The van der Waals surface area contributed by atoms with Crippen molar-refractivity contribution in [2.45, 2.75) is 0 Å². The largest absolute Gasteiger partial charge is 0.497 e. The van der Waals surface area contributed by atoms with Crippen LogP contribution in [-0.2, 0) is 0 Å². The average Bonchev–Trinajstić information content (AvgIpc) is 2.39. The zero-order valence-electron chi connectivity index (χ0n) is 9.91. The van der Waals surface area contributed by atoms with Gasteiger partial charge in [-0.3, -0.25) is 4.79 Å². The zero-order valence-corrected chi connectivity index (χ0v) is 11.5. The SMILES string of the molecule is COc1ccc(Br)c(C(=O)c2c(F)cccc2F)c1. The lowest BCUT2D eigenvalue weighted by Gasteiger charge is -2.08.